The van der Waals surface area contributed by atoms with E-state index in [4.69, 9.17) is 10.5 Å². The molecule has 3 heterocycles. The molecule has 2 aromatic heterocycles. The Labute approximate surface area is 192 Å². The lowest BCUT2D eigenvalue weighted by Crippen LogP contribution is -2.49. The number of aliphatic hydroxyl groups excluding tert-OH is 2. The lowest BCUT2D eigenvalue weighted by atomic mass is 9.93. The number of aromatic nitrogens is 2. The summed E-state index contributed by atoms with van der Waals surface area (Å²) in [6.45, 7) is -0.0314. The number of nitrogens with zero attached hydrogens (tertiary/aromatic N) is 2. The van der Waals surface area contributed by atoms with Gasteiger partial charge in [-0.05, 0) is 30.3 Å². The summed E-state index contributed by atoms with van der Waals surface area (Å²) < 4.78 is 48.4. The van der Waals surface area contributed by atoms with E-state index >= 15 is 0 Å². The van der Waals surface area contributed by atoms with Gasteiger partial charge in [0.1, 0.15) is 34.9 Å². The Morgan fingerprint density at radius 3 is 2.56 bits per heavy atom. The number of hydrogen-bond acceptors (Lipinski definition) is 7. The van der Waals surface area contributed by atoms with Gasteiger partial charge in [0.2, 0.25) is 0 Å². The third kappa shape index (κ3) is 4.64. The van der Waals surface area contributed by atoms with Crippen molar-refractivity contribution in [3.8, 4) is 11.3 Å². The van der Waals surface area contributed by atoms with Crippen molar-refractivity contribution in [2.24, 2.45) is 5.73 Å². The standard InChI is InChI=1S/C23H21F3N4O4/c24-12-2-1-3-13(25)20(12)21-14(26)4-5-15(29-21)23(33)30-16-10-28-7-6-11(16)18-8-17(31)22(32)19(9-27)34-18/h1-7,10,17-19,22,31-32H,8-9,27H2,(H,30,33)/t17-,18-,19-,22+/m1/s1. The number of nitrogens with one attached hydrogen (secondary N) is 1. The van der Waals surface area contributed by atoms with Gasteiger partial charge in [-0.2, -0.15) is 0 Å². The quantitative estimate of drug-likeness (QED) is 0.446. The number of benzene rings is 1. The second-order valence-corrected chi connectivity index (χ2v) is 7.73. The highest BCUT2D eigenvalue weighted by Crippen LogP contribution is 2.35. The summed E-state index contributed by atoms with van der Waals surface area (Å²) in [5.41, 5.74) is 4.65. The van der Waals surface area contributed by atoms with E-state index < -0.39 is 59.0 Å². The molecule has 1 saturated heterocycles. The molecule has 5 N–H and O–H groups in total. The molecule has 0 aliphatic carbocycles. The monoisotopic (exact) mass is 474 g/mol. The molecule has 8 nitrogen and oxygen atoms in total. The number of amides is 1. The number of halogens is 3. The van der Waals surface area contributed by atoms with Crippen LogP contribution in [-0.2, 0) is 4.74 Å². The van der Waals surface area contributed by atoms with Crippen LogP contribution in [0.2, 0.25) is 0 Å². The zero-order chi connectivity index (χ0) is 24.4. The first-order valence-corrected chi connectivity index (χ1v) is 10.4. The van der Waals surface area contributed by atoms with Crippen LogP contribution >= 0.6 is 0 Å². The molecule has 4 rings (SSSR count). The Kier molecular flexibility index (Phi) is 6.89. The average Bonchev–Trinajstić information content (AvgIpc) is 2.82. The van der Waals surface area contributed by atoms with Crippen LogP contribution in [0.15, 0.2) is 48.8 Å². The van der Waals surface area contributed by atoms with Crippen LogP contribution in [-0.4, -0.2) is 50.9 Å². The number of hydrogen-bond donors (Lipinski definition) is 4. The molecule has 0 bridgehead atoms. The van der Waals surface area contributed by atoms with E-state index in [-0.39, 0.29) is 24.3 Å². The largest absolute Gasteiger partial charge is 0.390 e. The van der Waals surface area contributed by atoms with Gasteiger partial charge in [-0.15, -0.1) is 0 Å². The summed E-state index contributed by atoms with van der Waals surface area (Å²) in [6, 6.07) is 6.57. The summed E-state index contributed by atoms with van der Waals surface area (Å²) in [7, 11) is 0. The van der Waals surface area contributed by atoms with Crippen molar-refractivity contribution in [3.05, 3.63) is 77.5 Å². The Hall–Kier alpha value is -3.38. The molecule has 178 valence electrons. The van der Waals surface area contributed by atoms with Crippen LogP contribution < -0.4 is 11.1 Å². The van der Waals surface area contributed by atoms with Crippen LogP contribution in [0.5, 0.6) is 0 Å². The van der Waals surface area contributed by atoms with E-state index in [1.807, 2.05) is 0 Å². The minimum Gasteiger partial charge on any atom is -0.390 e. The lowest BCUT2D eigenvalue weighted by molar-refractivity contribution is -0.166. The molecule has 1 aliphatic heterocycles. The Bertz CT molecular complexity index is 1190. The van der Waals surface area contributed by atoms with Crippen molar-refractivity contribution < 1.29 is 32.9 Å². The van der Waals surface area contributed by atoms with Crippen molar-refractivity contribution in [2.75, 3.05) is 11.9 Å². The Morgan fingerprint density at radius 1 is 1.12 bits per heavy atom. The summed E-state index contributed by atoms with van der Waals surface area (Å²) in [4.78, 5) is 20.7. The average molecular weight is 474 g/mol. The number of nitrogens with two attached hydrogens (primary N) is 1. The number of aliphatic hydroxyl groups is 2. The fourth-order valence-electron chi connectivity index (χ4n) is 3.79. The van der Waals surface area contributed by atoms with E-state index in [0.717, 1.165) is 30.3 Å². The summed E-state index contributed by atoms with van der Waals surface area (Å²) in [5, 5.41) is 22.8. The van der Waals surface area contributed by atoms with Crippen LogP contribution in [0.1, 0.15) is 28.6 Å². The molecule has 0 unspecified atom stereocenters. The van der Waals surface area contributed by atoms with Gasteiger partial charge in [0.05, 0.1) is 35.8 Å². The zero-order valence-electron chi connectivity index (χ0n) is 17.7. The van der Waals surface area contributed by atoms with Crippen LogP contribution in [0, 0.1) is 17.5 Å². The molecule has 1 amide bonds. The van der Waals surface area contributed by atoms with E-state index in [1.165, 1.54) is 12.4 Å². The molecule has 11 heteroatoms. The first-order valence-electron chi connectivity index (χ1n) is 10.4. The van der Waals surface area contributed by atoms with Gasteiger partial charge in [-0.1, -0.05) is 6.07 Å². The third-order valence-corrected chi connectivity index (χ3v) is 5.53. The van der Waals surface area contributed by atoms with Crippen LogP contribution in [0.4, 0.5) is 18.9 Å². The predicted molar refractivity (Wildman–Crippen MR) is 115 cm³/mol. The molecule has 1 aliphatic rings. The maximum atomic E-state index is 14.3. The summed E-state index contributed by atoms with van der Waals surface area (Å²) in [5.74, 6) is -3.84. The molecule has 0 saturated carbocycles. The van der Waals surface area contributed by atoms with Gasteiger partial charge in [0.15, 0.2) is 0 Å². The maximum absolute atomic E-state index is 14.3. The van der Waals surface area contributed by atoms with Gasteiger partial charge >= 0.3 is 0 Å². The van der Waals surface area contributed by atoms with E-state index in [9.17, 15) is 28.2 Å². The number of pyridine rings is 2. The fourth-order valence-corrected chi connectivity index (χ4v) is 3.79. The number of carbonyl (C=O) groups excluding carboxylic acids is 1. The minimum absolute atomic E-state index is 0.0314. The topological polar surface area (TPSA) is 131 Å². The van der Waals surface area contributed by atoms with E-state index in [2.05, 4.69) is 15.3 Å². The Morgan fingerprint density at radius 2 is 1.85 bits per heavy atom. The van der Waals surface area contributed by atoms with Crippen LogP contribution in [0.25, 0.3) is 11.3 Å². The Balaban J connectivity index is 1.63. The lowest BCUT2D eigenvalue weighted by Gasteiger charge is -2.37. The maximum Gasteiger partial charge on any atom is 0.274 e. The molecule has 3 aromatic rings. The number of rotatable bonds is 5. The molecule has 4 atom stereocenters. The van der Waals surface area contributed by atoms with E-state index in [0.29, 0.717) is 5.56 Å². The second kappa shape index (κ2) is 9.85. The number of carbonyl (C=O) groups is 1. The van der Waals surface area contributed by atoms with Gasteiger partial charge < -0.3 is 26.0 Å². The molecule has 1 fully saturated rings. The second-order valence-electron chi connectivity index (χ2n) is 7.73. The molecular formula is C23H21F3N4O4. The molecule has 0 radical (unpaired) electrons. The van der Waals surface area contributed by atoms with Crippen molar-refractivity contribution in [1.82, 2.24) is 9.97 Å². The number of anilines is 1. The fraction of sp³-hybridized carbons (Fsp3) is 0.261. The molecule has 34 heavy (non-hydrogen) atoms. The molecule has 0 spiro atoms. The first kappa shape index (κ1) is 23.8. The minimum atomic E-state index is -1.15. The van der Waals surface area contributed by atoms with Crippen molar-refractivity contribution in [2.45, 2.75) is 30.8 Å². The van der Waals surface area contributed by atoms with Crippen molar-refractivity contribution >= 4 is 11.6 Å². The van der Waals surface area contributed by atoms with Gasteiger partial charge in [0, 0.05) is 24.7 Å². The highest BCUT2D eigenvalue weighted by Gasteiger charge is 2.37. The first-order chi connectivity index (χ1) is 16.3. The molecule has 1 aromatic carbocycles. The highest BCUT2D eigenvalue weighted by molar-refractivity contribution is 6.03. The van der Waals surface area contributed by atoms with Crippen molar-refractivity contribution in [1.29, 1.82) is 0 Å². The molecular weight excluding hydrogens is 453 g/mol. The van der Waals surface area contributed by atoms with E-state index in [1.54, 1.807) is 6.07 Å². The zero-order valence-corrected chi connectivity index (χ0v) is 17.7. The number of ether oxygens (including phenoxy) is 1. The van der Waals surface area contributed by atoms with Gasteiger partial charge in [0.25, 0.3) is 5.91 Å². The summed E-state index contributed by atoms with van der Waals surface area (Å²) >= 11 is 0. The smallest absolute Gasteiger partial charge is 0.274 e. The predicted octanol–water partition coefficient (Wildman–Crippen LogP) is 2.32. The van der Waals surface area contributed by atoms with Crippen LogP contribution in [0.3, 0.4) is 0 Å². The van der Waals surface area contributed by atoms with Crippen molar-refractivity contribution in [3.63, 3.8) is 0 Å². The highest BCUT2D eigenvalue weighted by atomic mass is 19.1. The normalized spacial score (nSPS) is 22.4. The summed E-state index contributed by atoms with van der Waals surface area (Å²) in [6.07, 6.45) is -0.944. The van der Waals surface area contributed by atoms with Gasteiger partial charge in [-0.3, -0.25) is 9.78 Å². The SMILES string of the molecule is NC[C@H]1O[C@@H](c2ccncc2NC(=O)c2ccc(F)c(-c3c(F)cccc3F)n2)C[C@@H](O)[C@@H]1O. The third-order valence-electron chi connectivity index (χ3n) is 5.53. The van der Waals surface area contributed by atoms with Gasteiger partial charge in [-0.25, -0.2) is 18.2 Å².